The van der Waals surface area contributed by atoms with Gasteiger partial charge in [-0.3, -0.25) is 0 Å². The molecule has 0 saturated carbocycles. The first-order chi connectivity index (χ1) is 10.8. The molecule has 1 atom stereocenters. The fourth-order valence-electron chi connectivity index (χ4n) is 2.97. The van der Waals surface area contributed by atoms with Crippen molar-refractivity contribution in [2.24, 2.45) is 0 Å². The Morgan fingerprint density at radius 2 is 2.09 bits per heavy atom. The molecule has 1 radical (unpaired) electrons. The fourth-order valence-corrected chi connectivity index (χ4v) is 2.97. The van der Waals surface area contributed by atoms with Gasteiger partial charge in [0.25, 0.3) is 0 Å². The second-order valence-corrected chi connectivity index (χ2v) is 5.58. The molecule has 0 N–H and O–H groups in total. The van der Waals surface area contributed by atoms with Crippen LogP contribution in [-0.2, 0) is 11.1 Å². The maximum absolute atomic E-state index is 5.96. The van der Waals surface area contributed by atoms with E-state index in [1.165, 1.54) is 5.56 Å². The van der Waals surface area contributed by atoms with Crippen LogP contribution in [0, 0.1) is 0 Å². The van der Waals surface area contributed by atoms with Crippen LogP contribution >= 0.6 is 0 Å². The molecule has 1 saturated heterocycles. The lowest BCUT2D eigenvalue weighted by Gasteiger charge is -2.26. The molecular formula is C17H17BNO3. The third kappa shape index (κ3) is 2.37. The molecule has 0 aromatic heterocycles. The Labute approximate surface area is 130 Å². The van der Waals surface area contributed by atoms with E-state index < -0.39 is 0 Å². The van der Waals surface area contributed by atoms with Gasteiger partial charge < -0.3 is 18.5 Å². The van der Waals surface area contributed by atoms with Crippen molar-refractivity contribution in [2.75, 3.05) is 13.7 Å². The summed E-state index contributed by atoms with van der Waals surface area (Å²) >= 11 is 0. The molecule has 4 rings (SSSR count). The standard InChI is InChI=1S/C17H17BNO3/c1-20-16-8-7-14-11-19-15(9-13-5-3-2-4-6-13)12-21-18(19)22-17(14)10-16/h2-8,10-11,15H,9,12H2,1H3/t15-/m0/s1. The van der Waals surface area contributed by atoms with Gasteiger partial charge in [-0.15, -0.1) is 0 Å². The van der Waals surface area contributed by atoms with Crippen LogP contribution in [0.5, 0.6) is 11.5 Å². The Bertz CT molecular complexity index is 717. The van der Waals surface area contributed by atoms with E-state index in [9.17, 15) is 0 Å². The second-order valence-electron chi connectivity index (χ2n) is 5.58. The zero-order valence-corrected chi connectivity index (χ0v) is 12.4. The lowest BCUT2D eigenvalue weighted by atomic mass is 9.99. The van der Waals surface area contributed by atoms with Crippen LogP contribution in [0.4, 0.5) is 0 Å². The molecule has 0 bridgehead atoms. The molecule has 2 aliphatic heterocycles. The molecule has 2 aromatic rings. The van der Waals surface area contributed by atoms with Crippen molar-refractivity contribution in [3.8, 4) is 11.5 Å². The van der Waals surface area contributed by atoms with Gasteiger partial charge in [-0.1, -0.05) is 30.3 Å². The first kappa shape index (κ1) is 13.4. The molecule has 0 amide bonds. The first-order valence-corrected chi connectivity index (χ1v) is 7.46. The molecule has 5 heteroatoms. The van der Waals surface area contributed by atoms with Gasteiger partial charge in [0.05, 0.1) is 25.0 Å². The third-order valence-electron chi connectivity index (χ3n) is 4.15. The topological polar surface area (TPSA) is 30.7 Å². The van der Waals surface area contributed by atoms with E-state index in [2.05, 4.69) is 35.0 Å². The molecule has 4 nitrogen and oxygen atoms in total. The van der Waals surface area contributed by atoms with Gasteiger partial charge >= 0.3 is 7.25 Å². The van der Waals surface area contributed by atoms with Gasteiger partial charge in [0, 0.05) is 12.5 Å². The largest absolute Gasteiger partial charge is 0.652 e. The van der Waals surface area contributed by atoms with E-state index in [0.717, 1.165) is 23.5 Å². The summed E-state index contributed by atoms with van der Waals surface area (Å²) in [4.78, 5) is 0. The van der Waals surface area contributed by atoms with Gasteiger partial charge in [-0.25, -0.2) is 0 Å². The van der Waals surface area contributed by atoms with Crippen LogP contribution < -0.4 is 9.39 Å². The van der Waals surface area contributed by atoms with E-state index in [4.69, 9.17) is 14.0 Å². The van der Waals surface area contributed by atoms with E-state index in [1.807, 2.05) is 24.3 Å². The predicted molar refractivity (Wildman–Crippen MR) is 84.7 cm³/mol. The van der Waals surface area contributed by atoms with Gasteiger partial charge in [0.2, 0.25) is 0 Å². The summed E-state index contributed by atoms with van der Waals surface area (Å²) in [6.07, 6.45) is 3.08. The highest BCUT2D eigenvalue weighted by Gasteiger charge is 2.38. The Morgan fingerprint density at radius 1 is 1.23 bits per heavy atom. The van der Waals surface area contributed by atoms with Gasteiger partial charge in [0.15, 0.2) is 0 Å². The molecule has 0 aliphatic carbocycles. The van der Waals surface area contributed by atoms with Crippen LogP contribution in [0.15, 0.2) is 48.5 Å². The Morgan fingerprint density at radius 3 is 2.91 bits per heavy atom. The van der Waals surface area contributed by atoms with Gasteiger partial charge in [-0.05, 0) is 17.7 Å². The SMILES string of the molecule is COc1ccc2c(c1)O[B-]1OC[C@H](Cc3ccccc3)[N+]1=C2. The molecule has 2 heterocycles. The van der Waals surface area contributed by atoms with E-state index in [0.29, 0.717) is 12.6 Å². The quantitative estimate of drug-likeness (QED) is 0.813. The predicted octanol–water partition coefficient (Wildman–Crippen LogP) is 2.15. The van der Waals surface area contributed by atoms with Crippen molar-refractivity contribution in [3.05, 3.63) is 59.7 Å². The normalized spacial score (nSPS) is 19.9. The number of benzene rings is 2. The Balaban J connectivity index is 1.62. The number of rotatable bonds is 3. The number of nitrogens with zero attached hydrogens (tertiary/aromatic N) is 1. The van der Waals surface area contributed by atoms with Gasteiger partial charge in [-0.2, -0.15) is 0 Å². The number of hydrogen-bond acceptors (Lipinski definition) is 3. The average Bonchev–Trinajstić information content (AvgIpc) is 2.95. The monoisotopic (exact) mass is 294 g/mol. The number of ether oxygens (including phenoxy) is 1. The lowest BCUT2D eigenvalue weighted by Crippen LogP contribution is -2.41. The van der Waals surface area contributed by atoms with Crippen molar-refractivity contribution >= 4 is 13.5 Å². The minimum Gasteiger partial charge on any atom is -0.652 e. The highest BCUT2D eigenvalue weighted by molar-refractivity contribution is 6.38. The highest BCUT2D eigenvalue weighted by atomic mass is 16.6. The summed E-state index contributed by atoms with van der Waals surface area (Å²) in [5.41, 5.74) is 2.37. The van der Waals surface area contributed by atoms with Crippen molar-refractivity contribution in [3.63, 3.8) is 0 Å². The fraction of sp³-hybridized carbons (Fsp3) is 0.235. The molecular weight excluding hydrogens is 277 g/mol. The van der Waals surface area contributed by atoms with Crippen molar-refractivity contribution in [1.82, 2.24) is 0 Å². The lowest BCUT2D eigenvalue weighted by molar-refractivity contribution is -0.430. The molecule has 0 spiro atoms. The zero-order valence-electron chi connectivity index (χ0n) is 12.4. The molecule has 0 unspecified atom stereocenters. The maximum atomic E-state index is 5.96. The average molecular weight is 294 g/mol. The maximum Gasteiger partial charge on any atom is 0.597 e. The minimum absolute atomic E-state index is 0.294. The Kier molecular flexibility index (Phi) is 3.35. The van der Waals surface area contributed by atoms with E-state index in [1.54, 1.807) is 7.11 Å². The first-order valence-electron chi connectivity index (χ1n) is 7.46. The van der Waals surface area contributed by atoms with Crippen LogP contribution in [-0.4, -0.2) is 37.7 Å². The zero-order chi connectivity index (χ0) is 14.9. The molecule has 22 heavy (non-hydrogen) atoms. The van der Waals surface area contributed by atoms with Gasteiger partial charge in [0.1, 0.15) is 18.0 Å². The summed E-state index contributed by atoms with van der Waals surface area (Å²) in [5, 5.41) is 0. The van der Waals surface area contributed by atoms with Crippen molar-refractivity contribution in [2.45, 2.75) is 12.5 Å². The van der Waals surface area contributed by atoms with Crippen LogP contribution in [0.2, 0.25) is 0 Å². The summed E-state index contributed by atoms with van der Waals surface area (Å²) in [7, 11) is 1.32. The smallest absolute Gasteiger partial charge is 0.597 e. The number of fused-ring (bicyclic) bond motifs is 2. The van der Waals surface area contributed by atoms with Crippen LogP contribution in [0.25, 0.3) is 0 Å². The number of hydrogen-bond donors (Lipinski definition) is 0. The van der Waals surface area contributed by atoms with Crippen molar-refractivity contribution in [1.29, 1.82) is 0 Å². The Hall–Kier alpha value is -2.27. The van der Waals surface area contributed by atoms with Crippen LogP contribution in [0.3, 0.4) is 0 Å². The molecule has 111 valence electrons. The second kappa shape index (κ2) is 5.50. The molecule has 1 fully saturated rings. The van der Waals surface area contributed by atoms with Crippen LogP contribution in [0.1, 0.15) is 11.1 Å². The summed E-state index contributed by atoms with van der Waals surface area (Å²) < 4.78 is 19.2. The van der Waals surface area contributed by atoms with E-state index >= 15 is 0 Å². The van der Waals surface area contributed by atoms with E-state index in [-0.39, 0.29) is 7.25 Å². The molecule has 2 aromatic carbocycles. The molecule has 2 aliphatic rings. The summed E-state index contributed by atoms with van der Waals surface area (Å²) in [6.45, 7) is 0.668. The van der Waals surface area contributed by atoms with Crippen molar-refractivity contribution < 1.29 is 18.5 Å². The highest BCUT2D eigenvalue weighted by Crippen LogP contribution is 2.29. The summed E-state index contributed by atoms with van der Waals surface area (Å²) in [5.74, 6) is 1.60. The minimum atomic E-state index is -0.340. The third-order valence-corrected chi connectivity index (χ3v) is 4.15. The summed E-state index contributed by atoms with van der Waals surface area (Å²) in [6, 6.07) is 16.6. The number of methoxy groups -OCH3 is 1.